The molecule has 0 radical (unpaired) electrons. The molecule has 1 heterocycles. The van der Waals surface area contributed by atoms with Crippen molar-refractivity contribution in [2.75, 3.05) is 0 Å². The molecule has 0 bridgehead atoms. The molecular formula is C16H20N4O2. The minimum atomic E-state index is -0.577. The van der Waals surface area contributed by atoms with Gasteiger partial charge in [0, 0.05) is 31.4 Å². The van der Waals surface area contributed by atoms with E-state index in [9.17, 15) is 9.90 Å². The average molecular weight is 300 g/mol. The summed E-state index contributed by atoms with van der Waals surface area (Å²) in [5, 5.41) is 15.9. The predicted octanol–water partition coefficient (Wildman–Crippen LogP) is 1.23. The summed E-state index contributed by atoms with van der Waals surface area (Å²) in [5.74, 6) is 0. The highest BCUT2D eigenvalue weighted by atomic mass is 16.3. The van der Waals surface area contributed by atoms with Gasteiger partial charge in [0.25, 0.3) is 0 Å². The first-order chi connectivity index (χ1) is 10.6. The number of nitrogens with one attached hydrogen (secondary N) is 2. The lowest BCUT2D eigenvalue weighted by Crippen LogP contribution is -2.45. The van der Waals surface area contributed by atoms with Crippen molar-refractivity contribution in [1.29, 1.82) is 0 Å². The highest BCUT2D eigenvalue weighted by molar-refractivity contribution is 5.75. The third-order valence-corrected chi connectivity index (χ3v) is 3.91. The zero-order valence-corrected chi connectivity index (χ0v) is 12.4. The van der Waals surface area contributed by atoms with Gasteiger partial charge in [-0.25, -0.2) is 9.78 Å². The van der Waals surface area contributed by atoms with Crippen LogP contribution in [0.5, 0.6) is 0 Å². The number of amides is 2. The van der Waals surface area contributed by atoms with E-state index in [1.54, 1.807) is 12.5 Å². The Bertz CT molecular complexity index is 641. The Morgan fingerprint density at radius 1 is 1.50 bits per heavy atom. The average Bonchev–Trinajstić information content (AvgIpc) is 3.08. The monoisotopic (exact) mass is 300 g/mol. The zero-order chi connectivity index (χ0) is 15.5. The molecule has 1 aliphatic carbocycles. The molecule has 0 saturated heterocycles. The first kappa shape index (κ1) is 14.6. The van der Waals surface area contributed by atoms with Gasteiger partial charge in [-0.15, -0.1) is 0 Å². The quantitative estimate of drug-likeness (QED) is 0.794. The van der Waals surface area contributed by atoms with Gasteiger partial charge in [-0.05, 0) is 18.1 Å². The van der Waals surface area contributed by atoms with Crippen molar-refractivity contribution < 1.29 is 9.90 Å². The zero-order valence-electron chi connectivity index (χ0n) is 12.4. The maximum absolute atomic E-state index is 12.1. The number of fused-ring (bicyclic) bond motifs is 1. The topological polar surface area (TPSA) is 79.2 Å². The van der Waals surface area contributed by atoms with Crippen LogP contribution in [0.2, 0.25) is 0 Å². The second kappa shape index (κ2) is 6.19. The van der Waals surface area contributed by atoms with Crippen LogP contribution in [0.25, 0.3) is 0 Å². The van der Waals surface area contributed by atoms with Crippen LogP contribution >= 0.6 is 0 Å². The molecule has 3 N–H and O–H groups in total. The van der Waals surface area contributed by atoms with Crippen molar-refractivity contribution in [3.63, 3.8) is 0 Å². The molecule has 6 nitrogen and oxygen atoms in total. The first-order valence-electron chi connectivity index (χ1n) is 7.42. The molecule has 6 heteroatoms. The van der Waals surface area contributed by atoms with Crippen molar-refractivity contribution in [1.82, 2.24) is 20.2 Å². The third-order valence-electron chi connectivity index (χ3n) is 3.91. The molecule has 0 spiro atoms. The van der Waals surface area contributed by atoms with Crippen LogP contribution in [0, 0.1) is 0 Å². The fourth-order valence-electron chi connectivity index (χ4n) is 2.91. The molecule has 2 aromatic rings. The summed E-state index contributed by atoms with van der Waals surface area (Å²) >= 11 is 0. The van der Waals surface area contributed by atoms with Crippen LogP contribution in [-0.2, 0) is 13.0 Å². The highest BCUT2D eigenvalue weighted by Gasteiger charge is 2.31. The van der Waals surface area contributed by atoms with Crippen molar-refractivity contribution in [2.24, 2.45) is 0 Å². The Morgan fingerprint density at radius 2 is 2.32 bits per heavy atom. The summed E-state index contributed by atoms with van der Waals surface area (Å²) in [5.41, 5.74) is 2.08. The smallest absolute Gasteiger partial charge is 0.315 e. The number of hydrogen-bond donors (Lipinski definition) is 3. The molecule has 1 aliphatic rings. The lowest BCUT2D eigenvalue weighted by molar-refractivity contribution is 0.142. The molecular weight excluding hydrogens is 280 g/mol. The second-order valence-electron chi connectivity index (χ2n) is 5.73. The van der Waals surface area contributed by atoms with E-state index in [1.165, 1.54) is 0 Å². The molecule has 3 rings (SSSR count). The van der Waals surface area contributed by atoms with Gasteiger partial charge in [-0.3, -0.25) is 0 Å². The SMILES string of the molecule is C[C@@H](Cn1ccnc1)NC(=O)N[C@@H]1c2ccccc2C[C@@H]1O. The van der Waals surface area contributed by atoms with Crippen molar-refractivity contribution in [3.05, 3.63) is 54.1 Å². The number of rotatable bonds is 4. The van der Waals surface area contributed by atoms with Crippen LogP contribution in [-0.4, -0.2) is 32.8 Å². The van der Waals surface area contributed by atoms with Crippen LogP contribution in [0.3, 0.4) is 0 Å². The number of urea groups is 1. The Hall–Kier alpha value is -2.34. The van der Waals surface area contributed by atoms with Crippen molar-refractivity contribution in [2.45, 2.75) is 38.1 Å². The van der Waals surface area contributed by atoms with Gasteiger partial charge in [0.1, 0.15) is 0 Å². The van der Waals surface area contributed by atoms with E-state index < -0.39 is 6.10 Å². The predicted molar refractivity (Wildman–Crippen MR) is 82.3 cm³/mol. The standard InChI is InChI=1S/C16H20N4O2/c1-11(9-20-7-6-17-10-20)18-16(22)19-15-13-5-3-2-4-12(13)8-14(15)21/h2-7,10-11,14-15,21H,8-9H2,1H3,(H2,18,19,22)/t11-,14-,15+/m0/s1. The maximum atomic E-state index is 12.1. The Labute approximate surface area is 129 Å². The van der Waals surface area contributed by atoms with Crippen molar-refractivity contribution in [3.8, 4) is 0 Å². The first-order valence-corrected chi connectivity index (χ1v) is 7.42. The number of carbonyl (C=O) groups excluding carboxylic acids is 1. The van der Waals surface area contributed by atoms with E-state index in [0.717, 1.165) is 11.1 Å². The van der Waals surface area contributed by atoms with Crippen LogP contribution in [0.15, 0.2) is 43.0 Å². The van der Waals surface area contributed by atoms with E-state index in [1.807, 2.05) is 42.0 Å². The summed E-state index contributed by atoms with van der Waals surface area (Å²) in [6.07, 6.45) is 5.27. The fraction of sp³-hybridized carbons (Fsp3) is 0.375. The Balaban J connectivity index is 1.58. The number of aliphatic hydroxyl groups excluding tert-OH is 1. The molecule has 22 heavy (non-hydrogen) atoms. The van der Waals surface area contributed by atoms with Crippen LogP contribution in [0.1, 0.15) is 24.1 Å². The number of imidazole rings is 1. The second-order valence-corrected chi connectivity index (χ2v) is 5.73. The molecule has 0 aliphatic heterocycles. The molecule has 1 aromatic carbocycles. The molecule has 1 aromatic heterocycles. The normalized spacial score (nSPS) is 21.2. The van der Waals surface area contributed by atoms with E-state index in [0.29, 0.717) is 13.0 Å². The minimum absolute atomic E-state index is 0.0389. The number of hydrogen-bond acceptors (Lipinski definition) is 3. The summed E-state index contributed by atoms with van der Waals surface area (Å²) in [6.45, 7) is 2.58. The number of nitrogens with zero attached hydrogens (tertiary/aromatic N) is 2. The van der Waals surface area contributed by atoms with Gasteiger partial charge in [0.15, 0.2) is 0 Å². The highest BCUT2D eigenvalue weighted by Crippen LogP contribution is 2.30. The number of carbonyl (C=O) groups is 1. The van der Waals surface area contributed by atoms with Gasteiger partial charge in [0.05, 0.1) is 18.5 Å². The van der Waals surface area contributed by atoms with Crippen LogP contribution < -0.4 is 10.6 Å². The van der Waals surface area contributed by atoms with E-state index in [2.05, 4.69) is 15.6 Å². The van der Waals surface area contributed by atoms with Gasteiger partial charge >= 0.3 is 6.03 Å². The Morgan fingerprint density at radius 3 is 3.09 bits per heavy atom. The summed E-state index contributed by atoms with van der Waals surface area (Å²) in [7, 11) is 0. The number of aromatic nitrogens is 2. The van der Waals surface area contributed by atoms with Crippen molar-refractivity contribution >= 4 is 6.03 Å². The summed E-state index contributed by atoms with van der Waals surface area (Å²) < 4.78 is 1.91. The third kappa shape index (κ3) is 3.12. The molecule has 0 saturated carbocycles. The lowest BCUT2D eigenvalue weighted by atomic mass is 10.1. The number of benzene rings is 1. The van der Waals surface area contributed by atoms with Gasteiger partial charge in [-0.1, -0.05) is 24.3 Å². The largest absolute Gasteiger partial charge is 0.390 e. The van der Waals surface area contributed by atoms with Gasteiger partial charge in [-0.2, -0.15) is 0 Å². The maximum Gasteiger partial charge on any atom is 0.315 e. The van der Waals surface area contributed by atoms with Gasteiger partial charge in [0.2, 0.25) is 0 Å². The molecule has 3 atom stereocenters. The molecule has 0 unspecified atom stereocenters. The van der Waals surface area contributed by atoms with E-state index >= 15 is 0 Å². The lowest BCUT2D eigenvalue weighted by Gasteiger charge is -2.21. The molecule has 0 fully saturated rings. The summed E-state index contributed by atoms with van der Waals surface area (Å²) in [4.78, 5) is 16.1. The molecule has 116 valence electrons. The minimum Gasteiger partial charge on any atom is -0.390 e. The van der Waals surface area contributed by atoms with Crippen LogP contribution in [0.4, 0.5) is 4.79 Å². The number of aliphatic hydroxyl groups is 1. The van der Waals surface area contributed by atoms with Gasteiger partial charge < -0.3 is 20.3 Å². The fourth-order valence-corrected chi connectivity index (χ4v) is 2.91. The summed E-state index contributed by atoms with van der Waals surface area (Å²) in [6, 6.07) is 7.14. The molecule has 2 amide bonds. The van der Waals surface area contributed by atoms with E-state index in [4.69, 9.17) is 0 Å². The van der Waals surface area contributed by atoms with E-state index in [-0.39, 0.29) is 18.1 Å². The Kier molecular flexibility index (Phi) is 4.11.